The SMILES string of the molecule is NC(=O)C[C@@H]1[NH2+][C@]2(C(=O)Nc3ccccc32)[C@@H]2C(=O)N(C3CCCC3)C(=O)[C@H]12. The molecule has 5 N–H and O–H groups in total. The Morgan fingerprint density at radius 2 is 1.89 bits per heavy atom. The molecule has 4 aliphatic rings. The van der Waals surface area contributed by atoms with Crippen molar-refractivity contribution in [2.45, 2.75) is 49.7 Å². The Morgan fingerprint density at radius 3 is 2.61 bits per heavy atom. The summed E-state index contributed by atoms with van der Waals surface area (Å²) in [5.41, 5.74) is 5.58. The van der Waals surface area contributed by atoms with Crippen LogP contribution in [0.1, 0.15) is 37.7 Å². The van der Waals surface area contributed by atoms with Crippen molar-refractivity contribution >= 4 is 29.3 Å². The highest BCUT2D eigenvalue weighted by Gasteiger charge is 2.74. The van der Waals surface area contributed by atoms with Gasteiger partial charge in [-0.25, -0.2) is 0 Å². The number of hydrogen-bond donors (Lipinski definition) is 3. The molecule has 5 rings (SSSR count). The highest BCUT2D eigenvalue weighted by atomic mass is 16.2. The number of nitrogens with two attached hydrogens (primary N) is 2. The maximum Gasteiger partial charge on any atom is 0.291 e. The minimum absolute atomic E-state index is 0.0457. The fourth-order valence-electron chi connectivity index (χ4n) is 5.88. The monoisotopic (exact) mass is 383 g/mol. The molecule has 2 saturated heterocycles. The fraction of sp³-hybridized carbons (Fsp3) is 0.500. The zero-order chi connectivity index (χ0) is 19.6. The van der Waals surface area contributed by atoms with Gasteiger partial charge in [-0.2, -0.15) is 0 Å². The van der Waals surface area contributed by atoms with E-state index in [-0.39, 0.29) is 30.2 Å². The molecule has 1 spiro atoms. The molecule has 8 nitrogen and oxygen atoms in total. The normalized spacial score (nSPS) is 34.2. The zero-order valence-electron chi connectivity index (χ0n) is 15.4. The van der Waals surface area contributed by atoms with Gasteiger partial charge in [0, 0.05) is 11.6 Å². The Hall–Kier alpha value is -2.74. The lowest BCUT2D eigenvalue weighted by Gasteiger charge is -2.28. The molecule has 8 heteroatoms. The van der Waals surface area contributed by atoms with Gasteiger partial charge in [0.1, 0.15) is 17.9 Å². The lowest BCUT2D eigenvalue weighted by atomic mass is 9.76. The van der Waals surface area contributed by atoms with Crippen LogP contribution in [0.4, 0.5) is 5.69 Å². The van der Waals surface area contributed by atoms with Crippen molar-refractivity contribution < 1.29 is 24.5 Å². The van der Waals surface area contributed by atoms with Crippen LogP contribution in [0.5, 0.6) is 0 Å². The van der Waals surface area contributed by atoms with Crippen molar-refractivity contribution in [3.8, 4) is 0 Å². The number of anilines is 1. The van der Waals surface area contributed by atoms with Crippen LogP contribution < -0.4 is 16.4 Å². The third-order valence-corrected chi connectivity index (χ3v) is 6.94. The predicted octanol–water partition coefficient (Wildman–Crippen LogP) is -0.801. The van der Waals surface area contributed by atoms with Crippen molar-refractivity contribution in [3.63, 3.8) is 0 Å². The summed E-state index contributed by atoms with van der Waals surface area (Å²) in [4.78, 5) is 53.1. The van der Waals surface area contributed by atoms with Crippen molar-refractivity contribution in [1.29, 1.82) is 0 Å². The number of hydrogen-bond acceptors (Lipinski definition) is 4. The van der Waals surface area contributed by atoms with Crippen LogP contribution in [0.15, 0.2) is 24.3 Å². The molecule has 1 saturated carbocycles. The van der Waals surface area contributed by atoms with E-state index in [2.05, 4.69) is 5.32 Å². The number of amides is 4. The predicted molar refractivity (Wildman–Crippen MR) is 97.4 cm³/mol. The van der Waals surface area contributed by atoms with Gasteiger partial charge in [0.05, 0.1) is 12.1 Å². The quantitative estimate of drug-likeness (QED) is 0.591. The highest BCUT2D eigenvalue weighted by molar-refractivity contribution is 6.14. The van der Waals surface area contributed by atoms with Crippen LogP contribution in [0.2, 0.25) is 0 Å². The van der Waals surface area contributed by atoms with Crippen molar-refractivity contribution in [3.05, 3.63) is 29.8 Å². The second-order valence-electron chi connectivity index (χ2n) is 8.36. The summed E-state index contributed by atoms with van der Waals surface area (Å²) in [5, 5.41) is 4.61. The first kappa shape index (κ1) is 17.4. The molecular weight excluding hydrogens is 360 g/mol. The molecule has 0 aromatic heterocycles. The Labute approximate surface area is 161 Å². The maximum atomic E-state index is 13.5. The van der Waals surface area contributed by atoms with E-state index in [4.69, 9.17) is 5.73 Å². The number of carbonyl (C=O) groups excluding carboxylic acids is 4. The minimum atomic E-state index is -1.22. The molecule has 1 aromatic rings. The molecule has 28 heavy (non-hydrogen) atoms. The van der Waals surface area contributed by atoms with Crippen LogP contribution in [-0.2, 0) is 24.7 Å². The molecule has 0 unspecified atom stereocenters. The molecule has 1 aliphatic carbocycles. The fourth-order valence-corrected chi connectivity index (χ4v) is 5.88. The van der Waals surface area contributed by atoms with E-state index in [9.17, 15) is 19.2 Å². The second kappa shape index (κ2) is 5.88. The third kappa shape index (κ3) is 2.09. The lowest BCUT2D eigenvalue weighted by Crippen LogP contribution is -2.99. The molecule has 4 amide bonds. The summed E-state index contributed by atoms with van der Waals surface area (Å²) in [6, 6.07) is 6.63. The van der Waals surface area contributed by atoms with E-state index in [0.717, 1.165) is 25.7 Å². The van der Waals surface area contributed by atoms with Gasteiger partial charge in [-0.1, -0.05) is 31.0 Å². The number of likely N-dealkylation sites (tertiary alicyclic amines) is 1. The van der Waals surface area contributed by atoms with Gasteiger partial charge in [-0.05, 0) is 18.9 Å². The number of fused-ring (bicyclic) bond motifs is 4. The molecule has 0 radical (unpaired) electrons. The summed E-state index contributed by atoms with van der Waals surface area (Å²) < 4.78 is 0. The number of rotatable bonds is 3. The van der Waals surface area contributed by atoms with Gasteiger partial charge in [0.2, 0.25) is 23.3 Å². The Balaban J connectivity index is 1.64. The molecule has 146 valence electrons. The van der Waals surface area contributed by atoms with Crippen molar-refractivity contribution in [2.24, 2.45) is 17.6 Å². The Bertz CT molecular complexity index is 909. The number of primary amides is 1. The lowest BCUT2D eigenvalue weighted by molar-refractivity contribution is -0.732. The molecular formula is C20H23N4O4+. The van der Waals surface area contributed by atoms with Gasteiger partial charge >= 0.3 is 0 Å². The summed E-state index contributed by atoms with van der Waals surface area (Å²) in [6.07, 6.45) is 3.54. The van der Waals surface area contributed by atoms with E-state index >= 15 is 0 Å². The summed E-state index contributed by atoms with van der Waals surface area (Å²) in [7, 11) is 0. The molecule has 4 atom stereocenters. The van der Waals surface area contributed by atoms with Gasteiger partial charge in [-0.15, -0.1) is 0 Å². The topological polar surface area (TPSA) is 126 Å². The summed E-state index contributed by atoms with van der Waals surface area (Å²) in [5.74, 6) is -2.89. The first-order valence-electron chi connectivity index (χ1n) is 9.87. The van der Waals surface area contributed by atoms with Crippen LogP contribution in [0.3, 0.4) is 0 Å². The van der Waals surface area contributed by atoms with E-state index in [0.29, 0.717) is 11.3 Å². The van der Waals surface area contributed by atoms with Gasteiger partial charge in [0.15, 0.2) is 0 Å². The zero-order valence-corrected chi connectivity index (χ0v) is 15.4. The Kier molecular flexibility index (Phi) is 3.64. The van der Waals surface area contributed by atoms with Gasteiger partial charge in [0.25, 0.3) is 5.91 Å². The van der Waals surface area contributed by atoms with Crippen LogP contribution in [-0.4, -0.2) is 40.6 Å². The van der Waals surface area contributed by atoms with Crippen molar-refractivity contribution in [2.75, 3.05) is 5.32 Å². The number of carbonyl (C=O) groups is 4. The highest BCUT2D eigenvalue weighted by Crippen LogP contribution is 2.50. The molecule has 3 heterocycles. The standard InChI is InChI=1S/C20H22N4O4/c21-14(25)9-13-15-16(18(27)24(17(15)26)10-5-1-2-6-10)20(23-13)11-7-3-4-8-12(11)22-19(20)28/h3-4,7-8,10,13,15-16,23H,1-2,5-6,9H2,(H2,21,25)(H,22,28)/p+1/t13-,15+,16-,20-/m0/s1. The number of quaternary nitrogens is 1. The molecule has 3 aliphatic heterocycles. The largest absolute Gasteiger partial charge is 0.369 e. The van der Waals surface area contributed by atoms with Crippen LogP contribution in [0.25, 0.3) is 0 Å². The number of nitrogens with zero attached hydrogens (tertiary/aromatic N) is 1. The summed E-state index contributed by atoms with van der Waals surface area (Å²) >= 11 is 0. The number of nitrogens with one attached hydrogen (secondary N) is 1. The first-order chi connectivity index (χ1) is 13.4. The average molecular weight is 383 g/mol. The first-order valence-corrected chi connectivity index (χ1v) is 9.87. The minimum Gasteiger partial charge on any atom is -0.369 e. The molecule has 1 aromatic carbocycles. The number of imide groups is 1. The maximum absolute atomic E-state index is 13.5. The Morgan fingerprint density at radius 1 is 1.18 bits per heavy atom. The third-order valence-electron chi connectivity index (χ3n) is 6.94. The molecule has 3 fully saturated rings. The molecule has 0 bridgehead atoms. The van der Waals surface area contributed by atoms with E-state index in [1.54, 1.807) is 11.4 Å². The van der Waals surface area contributed by atoms with E-state index in [1.807, 2.05) is 18.2 Å². The van der Waals surface area contributed by atoms with Crippen LogP contribution in [0, 0.1) is 11.8 Å². The van der Waals surface area contributed by atoms with E-state index < -0.39 is 29.3 Å². The summed E-state index contributed by atoms with van der Waals surface area (Å²) in [6.45, 7) is 0. The van der Waals surface area contributed by atoms with E-state index in [1.165, 1.54) is 4.90 Å². The number of para-hydroxylation sites is 1. The van der Waals surface area contributed by atoms with Gasteiger partial charge < -0.3 is 16.4 Å². The smallest absolute Gasteiger partial charge is 0.291 e. The number of benzene rings is 1. The average Bonchev–Trinajstić information content (AvgIpc) is 3.37. The second-order valence-corrected chi connectivity index (χ2v) is 8.36. The van der Waals surface area contributed by atoms with Crippen molar-refractivity contribution in [1.82, 2.24) is 4.90 Å². The van der Waals surface area contributed by atoms with Crippen LogP contribution >= 0.6 is 0 Å². The van der Waals surface area contributed by atoms with Gasteiger partial charge in [-0.3, -0.25) is 24.1 Å².